The molecule has 26 heavy (non-hydrogen) atoms. The minimum atomic E-state index is -4.51. The Morgan fingerprint density at radius 1 is 1.04 bits per heavy atom. The van der Waals surface area contributed by atoms with E-state index in [1.54, 1.807) is 6.07 Å². The van der Waals surface area contributed by atoms with Crippen LogP contribution in [0.25, 0.3) is 10.8 Å². The zero-order chi connectivity index (χ0) is 19.3. The van der Waals surface area contributed by atoms with Crippen LogP contribution in [-0.2, 0) is 6.18 Å². The molecular weight excluding hydrogens is 341 g/mol. The van der Waals surface area contributed by atoms with E-state index >= 15 is 0 Å². The third-order valence-electron chi connectivity index (χ3n) is 4.68. The van der Waals surface area contributed by atoms with E-state index in [0.717, 1.165) is 25.7 Å². The van der Waals surface area contributed by atoms with Gasteiger partial charge in [0.1, 0.15) is 17.6 Å². The first-order valence-corrected chi connectivity index (χ1v) is 9.14. The van der Waals surface area contributed by atoms with E-state index in [1.807, 2.05) is 13.8 Å². The molecule has 0 atom stereocenters. The standard InChI is InChI=1S/C19H19F3O2.C2H6/c1-12-2-6-15(7-3-12)24-17-9-5-14-10-13(11-23)4-8-16(14)18(17)19(20,21)22;1-2/h4-5,8-12,15H,2-3,6-7H2,1H3;1-2H3. The lowest BCUT2D eigenvalue weighted by Crippen LogP contribution is -2.24. The molecule has 1 fully saturated rings. The number of rotatable bonds is 3. The Bertz CT molecular complexity index is 745. The van der Waals surface area contributed by atoms with Crippen LogP contribution in [0.5, 0.6) is 5.75 Å². The molecule has 0 amide bonds. The molecule has 2 aromatic rings. The molecule has 1 saturated carbocycles. The number of alkyl halides is 3. The fourth-order valence-electron chi connectivity index (χ4n) is 3.32. The topological polar surface area (TPSA) is 26.3 Å². The summed E-state index contributed by atoms with van der Waals surface area (Å²) < 4.78 is 46.6. The van der Waals surface area contributed by atoms with Crippen molar-refractivity contribution in [2.75, 3.05) is 0 Å². The molecule has 0 unspecified atom stereocenters. The molecule has 0 aliphatic heterocycles. The lowest BCUT2D eigenvalue weighted by Gasteiger charge is -2.28. The average Bonchev–Trinajstić information content (AvgIpc) is 2.63. The van der Waals surface area contributed by atoms with Gasteiger partial charge >= 0.3 is 6.18 Å². The first-order chi connectivity index (χ1) is 12.4. The summed E-state index contributed by atoms with van der Waals surface area (Å²) in [6.07, 6.45) is -0.556. The SMILES string of the molecule is CC.CC1CCC(Oc2ccc3cc(C=O)ccc3c2C(F)(F)F)CC1. The van der Waals surface area contributed by atoms with Crippen molar-refractivity contribution in [3.8, 4) is 5.75 Å². The number of aldehydes is 1. The van der Waals surface area contributed by atoms with Crippen LogP contribution in [0.1, 0.15) is 62.4 Å². The van der Waals surface area contributed by atoms with E-state index in [0.29, 0.717) is 23.2 Å². The van der Waals surface area contributed by atoms with Gasteiger partial charge in [0.15, 0.2) is 0 Å². The first kappa shape index (κ1) is 20.3. The molecule has 1 aliphatic carbocycles. The van der Waals surface area contributed by atoms with E-state index in [2.05, 4.69) is 6.92 Å². The molecule has 2 nitrogen and oxygen atoms in total. The third-order valence-corrected chi connectivity index (χ3v) is 4.68. The summed E-state index contributed by atoms with van der Waals surface area (Å²) in [7, 11) is 0. The molecule has 0 spiro atoms. The predicted molar refractivity (Wildman–Crippen MR) is 97.7 cm³/mol. The molecule has 1 aliphatic rings. The molecule has 0 heterocycles. The van der Waals surface area contributed by atoms with Crippen molar-refractivity contribution in [2.45, 2.75) is 58.7 Å². The Morgan fingerprint density at radius 2 is 1.69 bits per heavy atom. The molecule has 142 valence electrons. The summed E-state index contributed by atoms with van der Waals surface area (Å²) in [4.78, 5) is 10.8. The quantitative estimate of drug-likeness (QED) is 0.568. The number of hydrogen-bond acceptors (Lipinski definition) is 2. The van der Waals surface area contributed by atoms with Crippen molar-refractivity contribution in [1.82, 2.24) is 0 Å². The van der Waals surface area contributed by atoms with Gasteiger partial charge in [-0.15, -0.1) is 0 Å². The highest BCUT2D eigenvalue weighted by atomic mass is 19.4. The molecular formula is C21H25F3O2. The van der Waals surface area contributed by atoms with Crippen LogP contribution < -0.4 is 4.74 Å². The van der Waals surface area contributed by atoms with Gasteiger partial charge in [-0.2, -0.15) is 13.2 Å². The Morgan fingerprint density at radius 3 is 2.27 bits per heavy atom. The lowest BCUT2D eigenvalue weighted by atomic mass is 9.89. The Kier molecular flexibility index (Phi) is 6.68. The fourth-order valence-corrected chi connectivity index (χ4v) is 3.32. The summed E-state index contributed by atoms with van der Waals surface area (Å²) in [6, 6.07) is 7.16. The van der Waals surface area contributed by atoms with Crippen LogP contribution in [0.4, 0.5) is 13.2 Å². The lowest BCUT2D eigenvalue weighted by molar-refractivity contribution is -0.138. The maximum Gasteiger partial charge on any atom is 0.420 e. The summed E-state index contributed by atoms with van der Waals surface area (Å²) in [5, 5.41) is 0.450. The van der Waals surface area contributed by atoms with Crippen molar-refractivity contribution < 1.29 is 22.7 Å². The Balaban J connectivity index is 0.00000117. The van der Waals surface area contributed by atoms with Crippen molar-refractivity contribution in [2.24, 2.45) is 5.92 Å². The second-order valence-electron chi connectivity index (χ2n) is 6.53. The summed E-state index contributed by atoms with van der Waals surface area (Å²) in [5.41, 5.74) is -0.401. The van der Waals surface area contributed by atoms with Gasteiger partial charge in [-0.05, 0) is 54.5 Å². The molecule has 3 rings (SSSR count). The second kappa shape index (κ2) is 8.56. The van der Waals surface area contributed by atoms with Crippen molar-refractivity contribution >= 4 is 17.1 Å². The maximum atomic E-state index is 13.6. The Hall–Kier alpha value is -2.04. The molecule has 0 N–H and O–H groups in total. The summed E-state index contributed by atoms with van der Waals surface area (Å²) in [5.74, 6) is 0.485. The van der Waals surface area contributed by atoms with Crippen LogP contribution in [0.2, 0.25) is 0 Å². The number of fused-ring (bicyclic) bond motifs is 1. The number of halogens is 3. The van der Waals surface area contributed by atoms with Gasteiger partial charge in [-0.1, -0.05) is 39.0 Å². The number of carbonyl (C=O) groups excluding carboxylic acids is 1. The first-order valence-electron chi connectivity index (χ1n) is 9.14. The van der Waals surface area contributed by atoms with Gasteiger partial charge in [-0.3, -0.25) is 4.79 Å². The highest BCUT2D eigenvalue weighted by molar-refractivity contribution is 5.92. The van der Waals surface area contributed by atoms with Gasteiger partial charge in [0, 0.05) is 5.56 Å². The van der Waals surface area contributed by atoms with E-state index in [9.17, 15) is 18.0 Å². The number of carbonyl (C=O) groups is 1. The highest BCUT2D eigenvalue weighted by Gasteiger charge is 2.37. The van der Waals surface area contributed by atoms with Gasteiger partial charge < -0.3 is 4.74 Å². The van der Waals surface area contributed by atoms with E-state index in [1.165, 1.54) is 24.3 Å². The van der Waals surface area contributed by atoms with E-state index < -0.39 is 11.7 Å². The van der Waals surface area contributed by atoms with Crippen LogP contribution in [0.3, 0.4) is 0 Å². The largest absolute Gasteiger partial charge is 0.490 e. The number of benzene rings is 2. The predicted octanol–water partition coefficient (Wildman–Crippen LogP) is 6.65. The minimum absolute atomic E-state index is 0.0646. The number of hydrogen-bond donors (Lipinski definition) is 0. The van der Waals surface area contributed by atoms with Gasteiger partial charge in [0.25, 0.3) is 0 Å². The Labute approximate surface area is 152 Å². The van der Waals surface area contributed by atoms with Crippen LogP contribution in [-0.4, -0.2) is 12.4 Å². The van der Waals surface area contributed by atoms with Crippen LogP contribution >= 0.6 is 0 Å². The average molecular weight is 366 g/mol. The summed E-state index contributed by atoms with van der Waals surface area (Å²) >= 11 is 0. The van der Waals surface area contributed by atoms with Crippen LogP contribution in [0.15, 0.2) is 30.3 Å². The number of ether oxygens (including phenoxy) is 1. The molecule has 0 saturated heterocycles. The minimum Gasteiger partial charge on any atom is -0.490 e. The van der Waals surface area contributed by atoms with Crippen molar-refractivity contribution in [1.29, 1.82) is 0 Å². The molecule has 5 heteroatoms. The zero-order valence-electron chi connectivity index (χ0n) is 15.4. The zero-order valence-corrected chi connectivity index (χ0v) is 15.4. The molecule has 0 radical (unpaired) electrons. The van der Waals surface area contributed by atoms with Crippen LogP contribution in [0, 0.1) is 5.92 Å². The molecule has 0 aromatic heterocycles. The van der Waals surface area contributed by atoms with Crippen molar-refractivity contribution in [3.05, 3.63) is 41.5 Å². The van der Waals surface area contributed by atoms with E-state index in [4.69, 9.17) is 4.74 Å². The molecule has 2 aromatic carbocycles. The maximum absolute atomic E-state index is 13.6. The van der Waals surface area contributed by atoms with Gasteiger partial charge in [0.2, 0.25) is 0 Å². The highest BCUT2D eigenvalue weighted by Crippen LogP contribution is 2.42. The fraction of sp³-hybridized carbons (Fsp3) is 0.476. The normalized spacial score (nSPS) is 20.2. The second-order valence-corrected chi connectivity index (χ2v) is 6.53. The third kappa shape index (κ3) is 4.57. The summed E-state index contributed by atoms with van der Waals surface area (Å²) in [6.45, 7) is 6.15. The van der Waals surface area contributed by atoms with E-state index in [-0.39, 0.29) is 17.2 Å². The monoisotopic (exact) mass is 366 g/mol. The van der Waals surface area contributed by atoms with Gasteiger partial charge in [-0.25, -0.2) is 0 Å². The van der Waals surface area contributed by atoms with Crippen molar-refractivity contribution in [3.63, 3.8) is 0 Å². The van der Waals surface area contributed by atoms with Gasteiger partial charge in [0.05, 0.1) is 6.10 Å². The molecule has 0 bridgehead atoms. The smallest absolute Gasteiger partial charge is 0.420 e.